The molecule has 0 amide bonds. The number of unbranched alkanes of at least 4 members (excludes halogenated alkanes) is 1. The summed E-state index contributed by atoms with van der Waals surface area (Å²) in [4.78, 5) is 17.9. The van der Waals surface area contributed by atoms with Gasteiger partial charge in [0.2, 0.25) is 0 Å². The lowest BCUT2D eigenvalue weighted by molar-refractivity contribution is -0.143. The topological polar surface area (TPSA) is 53.9 Å². The van der Waals surface area contributed by atoms with E-state index in [1.807, 2.05) is 14.0 Å². The van der Waals surface area contributed by atoms with Crippen molar-refractivity contribution in [3.63, 3.8) is 0 Å². The lowest BCUT2D eigenvalue weighted by Gasteiger charge is -2.21. The Morgan fingerprint density at radius 1 is 1.25 bits per heavy atom. The third kappa shape index (κ3) is 11.3. The fourth-order valence-electron chi connectivity index (χ4n) is 1.61. The van der Waals surface area contributed by atoms with Crippen molar-refractivity contribution in [1.82, 2.24) is 10.2 Å². The van der Waals surface area contributed by atoms with Crippen LogP contribution in [0.1, 0.15) is 46.5 Å². The zero-order chi connectivity index (χ0) is 14.5. The van der Waals surface area contributed by atoms with E-state index in [1.165, 1.54) is 6.42 Å². The molecule has 0 saturated carbocycles. The molecule has 20 heavy (non-hydrogen) atoms. The average molecular weight is 399 g/mol. The molecule has 0 bridgehead atoms. The first kappa shape index (κ1) is 21.8. The Hall–Kier alpha value is -0.530. The highest BCUT2D eigenvalue weighted by Gasteiger charge is 2.05. The molecule has 1 N–H and O–H groups in total. The van der Waals surface area contributed by atoms with Crippen LogP contribution in [0.15, 0.2) is 4.99 Å². The second kappa shape index (κ2) is 14.9. The van der Waals surface area contributed by atoms with Gasteiger partial charge >= 0.3 is 5.97 Å². The monoisotopic (exact) mass is 399 g/mol. The van der Waals surface area contributed by atoms with E-state index in [-0.39, 0.29) is 29.9 Å². The average Bonchev–Trinajstić information content (AvgIpc) is 2.39. The maximum Gasteiger partial charge on any atom is 0.305 e. The number of rotatable bonds is 9. The molecule has 120 valence electrons. The molecule has 0 unspecified atom stereocenters. The van der Waals surface area contributed by atoms with Crippen molar-refractivity contribution in [3.8, 4) is 0 Å². The van der Waals surface area contributed by atoms with E-state index >= 15 is 0 Å². The number of guanidine groups is 1. The molecule has 0 spiro atoms. The molecule has 0 rings (SSSR count). The number of hydrogen-bond acceptors (Lipinski definition) is 3. The summed E-state index contributed by atoms with van der Waals surface area (Å²) < 4.78 is 4.88. The summed E-state index contributed by atoms with van der Waals surface area (Å²) in [6.07, 6.45) is 3.50. The highest BCUT2D eigenvalue weighted by atomic mass is 127. The molecule has 0 radical (unpaired) electrons. The summed E-state index contributed by atoms with van der Waals surface area (Å²) in [5, 5.41) is 3.26. The van der Waals surface area contributed by atoms with Gasteiger partial charge in [-0.2, -0.15) is 0 Å². The van der Waals surface area contributed by atoms with Gasteiger partial charge < -0.3 is 15.0 Å². The van der Waals surface area contributed by atoms with E-state index in [0.29, 0.717) is 19.6 Å². The Balaban J connectivity index is 0. The number of hydrogen-bond donors (Lipinski definition) is 1. The highest BCUT2D eigenvalue weighted by molar-refractivity contribution is 14.0. The van der Waals surface area contributed by atoms with E-state index in [0.717, 1.165) is 31.9 Å². The predicted octanol–water partition coefficient (Wildman–Crippen LogP) is 2.65. The van der Waals surface area contributed by atoms with Crippen LogP contribution in [-0.4, -0.2) is 50.1 Å². The van der Waals surface area contributed by atoms with E-state index in [1.54, 1.807) is 0 Å². The van der Waals surface area contributed by atoms with Crippen LogP contribution in [0.2, 0.25) is 0 Å². The Morgan fingerprint density at radius 3 is 2.50 bits per heavy atom. The Bertz CT molecular complexity index is 273. The summed E-state index contributed by atoms with van der Waals surface area (Å²) >= 11 is 0. The molecular formula is C14H30IN3O2. The second-order valence-corrected chi connectivity index (χ2v) is 4.42. The fourth-order valence-corrected chi connectivity index (χ4v) is 1.61. The molecule has 0 aromatic heterocycles. The number of halogens is 1. The summed E-state index contributed by atoms with van der Waals surface area (Å²) in [7, 11) is 2.04. The minimum atomic E-state index is -0.137. The van der Waals surface area contributed by atoms with Gasteiger partial charge in [0.05, 0.1) is 6.61 Å². The number of esters is 1. The minimum Gasteiger partial charge on any atom is -0.466 e. The van der Waals surface area contributed by atoms with Crippen LogP contribution in [0, 0.1) is 0 Å². The van der Waals surface area contributed by atoms with Crippen molar-refractivity contribution >= 4 is 35.9 Å². The van der Waals surface area contributed by atoms with E-state index < -0.39 is 0 Å². The summed E-state index contributed by atoms with van der Waals surface area (Å²) in [5.74, 6) is 0.779. The van der Waals surface area contributed by atoms with Crippen molar-refractivity contribution in [2.45, 2.75) is 46.5 Å². The maximum absolute atomic E-state index is 11.2. The van der Waals surface area contributed by atoms with E-state index in [2.05, 4.69) is 29.1 Å². The lowest BCUT2D eigenvalue weighted by Crippen LogP contribution is -2.39. The minimum absolute atomic E-state index is 0. The van der Waals surface area contributed by atoms with Crippen LogP contribution in [0.3, 0.4) is 0 Å². The van der Waals surface area contributed by atoms with Crippen LogP contribution in [0.5, 0.6) is 0 Å². The first-order valence-corrected chi connectivity index (χ1v) is 7.30. The van der Waals surface area contributed by atoms with Gasteiger partial charge in [-0.3, -0.25) is 9.79 Å². The summed E-state index contributed by atoms with van der Waals surface area (Å²) in [6, 6.07) is 0. The quantitative estimate of drug-likeness (QED) is 0.213. The van der Waals surface area contributed by atoms with Crippen molar-refractivity contribution in [2.75, 3.05) is 33.3 Å². The third-order valence-electron chi connectivity index (χ3n) is 2.65. The van der Waals surface area contributed by atoms with Crippen molar-refractivity contribution < 1.29 is 9.53 Å². The van der Waals surface area contributed by atoms with E-state index in [9.17, 15) is 4.79 Å². The smallest absolute Gasteiger partial charge is 0.305 e. The van der Waals surface area contributed by atoms with Gasteiger partial charge in [-0.25, -0.2) is 0 Å². The van der Waals surface area contributed by atoms with Gasteiger partial charge in [0.25, 0.3) is 0 Å². The molecular weight excluding hydrogens is 369 g/mol. The van der Waals surface area contributed by atoms with E-state index in [4.69, 9.17) is 4.74 Å². The molecule has 0 saturated heterocycles. The van der Waals surface area contributed by atoms with Crippen molar-refractivity contribution in [1.29, 1.82) is 0 Å². The Labute approximate surface area is 140 Å². The Morgan fingerprint density at radius 2 is 1.95 bits per heavy atom. The molecule has 0 aromatic rings. The van der Waals surface area contributed by atoms with Crippen LogP contribution in [0.4, 0.5) is 0 Å². The molecule has 0 heterocycles. The zero-order valence-corrected chi connectivity index (χ0v) is 15.6. The largest absolute Gasteiger partial charge is 0.466 e. The highest BCUT2D eigenvalue weighted by Crippen LogP contribution is 1.97. The van der Waals surface area contributed by atoms with Crippen LogP contribution < -0.4 is 5.32 Å². The first-order chi connectivity index (χ1) is 9.15. The fraction of sp³-hybridized carbons (Fsp3) is 0.857. The number of nitrogens with zero attached hydrogens (tertiary/aromatic N) is 2. The molecule has 0 atom stereocenters. The second-order valence-electron chi connectivity index (χ2n) is 4.42. The predicted molar refractivity (Wildman–Crippen MR) is 94.8 cm³/mol. The van der Waals surface area contributed by atoms with Crippen LogP contribution >= 0.6 is 24.0 Å². The summed E-state index contributed by atoms with van der Waals surface area (Å²) in [5.41, 5.74) is 0. The maximum atomic E-state index is 11.2. The lowest BCUT2D eigenvalue weighted by atomic mass is 10.3. The number of nitrogens with one attached hydrogen (secondary N) is 1. The van der Waals surface area contributed by atoms with Crippen LogP contribution in [0.25, 0.3) is 0 Å². The molecule has 0 aliphatic rings. The summed E-state index contributed by atoms with van der Waals surface area (Å²) in [6.45, 7) is 9.01. The number of aliphatic imine (C=N–C) groups is 1. The van der Waals surface area contributed by atoms with Gasteiger partial charge in [0, 0.05) is 33.1 Å². The van der Waals surface area contributed by atoms with Gasteiger partial charge in [-0.05, 0) is 26.7 Å². The van der Waals surface area contributed by atoms with Crippen LogP contribution in [-0.2, 0) is 9.53 Å². The zero-order valence-electron chi connectivity index (χ0n) is 13.3. The first-order valence-electron chi connectivity index (χ1n) is 7.30. The third-order valence-corrected chi connectivity index (χ3v) is 2.65. The van der Waals surface area contributed by atoms with Crippen molar-refractivity contribution in [3.05, 3.63) is 0 Å². The molecule has 6 heteroatoms. The van der Waals surface area contributed by atoms with Gasteiger partial charge in [0.15, 0.2) is 5.96 Å². The van der Waals surface area contributed by atoms with Gasteiger partial charge in [-0.1, -0.05) is 13.3 Å². The van der Waals surface area contributed by atoms with Gasteiger partial charge in [-0.15, -0.1) is 24.0 Å². The molecule has 5 nitrogen and oxygen atoms in total. The van der Waals surface area contributed by atoms with Gasteiger partial charge in [0.1, 0.15) is 0 Å². The molecule has 0 aromatic carbocycles. The normalized spacial score (nSPS) is 10.7. The number of carbonyl (C=O) groups is 1. The molecule has 0 aliphatic carbocycles. The molecule has 0 fully saturated rings. The standard InChI is InChI=1S/C14H29N3O2.HI/c1-5-8-12-17(4)14(15-6-2)16-11-9-10-13(18)19-7-3;/h5-12H2,1-4H3,(H,15,16);1H. The van der Waals surface area contributed by atoms with Crippen molar-refractivity contribution in [2.24, 2.45) is 4.99 Å². The number of ether oxygens (including phenoxy) is 1. The SMILES string of the molecule is CCCCN(C)C(=NCCCC(=O)OCC)NCC.I. The number of carbonyl (C=O) groups excluding carboxylic acids is 1. The molecule has 0 aliphatic heterocycles. The Kier molecular flexibility index (Phi) is 16.2.